The van der Waals surface area contributed by atoms with Gasteiger partial charge in [0.1, 0.15) is 5.76 Å². The van der Waals surface area contributed by atoms with Crippen LogP contribution in [-0.4, -0.2) is 50.0 Å². The molecule has 2 aromatic rings. The number of rotatable bonds is 8. The lowest BCUT2D eigenvalue weighted by atomic mass is 10.1. The summed E-state index contributed by atoms with van der Waals surface area (Å²) in [7, 11) is 1.70. The van der Waals surface area contributed by atoms with E-state index in [1.54, 1.807) is 13.3 Å². The molecule has 3 N–H and O–H groups in total. The molecule has 2 heterocycles. The molecule has 29 heavy (non-hydrogen) atoms. The van der Waals surface area contributed by atoms with Crippen molar-refractivity contribution in [1.29, 1.82) is 0 Å². The average molecular weight is 398 g/mol. The predicted molar refractivity (Wildman–Crippen MR) is 116 cm³/mol. The Morgan fingerprint density at radius 1 is 1.21 bits per heavy atom. The van der Waals surface area contributed by atoms with Gasteiger partial charge in [0.05, 0.1) is 18.8 Å². The van der Waals surface area contributed by atoms with E-state index in [0.29, 0.717) is 12.5 Å². The normalized spacial score (nSPS) is 15.9. The van der Waals surface area contributed by atoms with Crippen molar-refractivity contribution in [2.24, 2.45) is 4.99 Å². The highest BCUT2D eigenvalue weighted by Crippen LogP contribution is 2.24. The van der Waals surface area contributed by atoms with Gasteiger partial charge in [-0.05, 0) is 62.2 Å². The number of hydrogen-bond donors (Lipinski definition) is 3. The first kappa shape index (κ1) is 20.9. The first-order chi connectivity index (χ1) is 14.2. The first-order valence-electron chi connectivity index (χ1n) is 10.3. The van der Waals surface area contributed by atoms with Crippen LogP contribution in [0.4, 0.5) is 5.69 Å². The Hall–Kier alpha value is -2.80. The van der Waals surface area contributed by atoms with Crippen LogP contribution in [0.3, 0.4) is 0 Å². The van der Waals surface area contributed by atoms with Gasteiger partial charge in [0, 0.05) is 19.3 Å². The van der Waals surface area contributed by atoms with Crippen LogP contribution in [-0.2, 0) is 11.2 Å². The molecule has 1 aromatic carbocycles. The van der Waals surface area contributed by atoms with Crippen LogP contribution in [0.1, 0.15) is 37.1 Å². The fourth-order valence-corrected chi connectivity index (χ4v) is 3.60. The molecule has 0 bridgehead atoms. The van der Waals surface area contributed by atoms with E-state index in [2.05, 4.69) is 38.8 Å². The predicted octanol–water partition coefficient (Wildman–Crippen LogP) is 2.78. The third kappa shape index (κ3) is 6.09. The van der Waals surface area contributed by atoms with Crippen molar-refractivity contribution in [2.75, 3.05) is 38.5 Å². The molecule has 7 nitrogen and oxygen atoms in total. The molecule has 1 unspecified atom stereocenters. The largest absolute Gasteiger partial charge is 0.468 e. The van der Waals surface area contributed by atoms with E-state index in [9.17, 15) is 4.79 Å². The number of benzene rings is 1. The van der Waals surface area contributed by atoms with Gasteiger partial charge in [-0.1, -0.05) is 19.1 Å². The number of anilines is 1. The van der Waals surface area contributed by atoms with Crippen LogP contribution >= 0.6 is 0 Å². The van der Waals surface area contributed by atoms with Gasteiger partial charge in [-0.15, -0.1) is 0 Å². The van der Waals surface area contributed by atoms with Crippen LogP contribution in [0.2, 0.25) is 0 Å². The van der Waals surface area contributed by atoms with Gasteiger partial charge >= 0.3 is 0 Å². The zero-order chi connectivity index (χ0) is 20.5. The zero-order valence-electron chi connectivity index (χ0n) is 17.3. The number of nitrogens with one attached hydrogen (secondary N) is 3. The zero-order valence-corrected chi connectivity index (χ0v) is 17.3. The Labute approximate surface area is 172 Å². The SMILES string of the molecule is CCc1cccc(NC(=O)CNC(=NC)NCC(c2ccco2)N2CCCC2)c1. The lowest BCUT2D eigenvalue weighted by molar-refractivity contribution is -0.115. The Kier molecular flexibility index (Phi) is 7.69. The molecular weight excluding hydrogens is 366 g/mol. The fourth-order valence-electron chi connectivity index (χ4n) is 3.60. The summed E-state index contributed by atoms with van der Waals surface area (Å²) in [5.41, 5.74) is 2.00. The average Bonchev–Trinajstić information content (AvgIpc) is 3.45. The number of carbonyl (C=O) groups excluding carboxylic acids is 1. The number of guanidine groups is 1. The topological polar surface area (TPSA) is 81.9 Å². The van der Waals surface area contributed by atoms with Crippen LogP contribution in [0.5, 0.6) is 0 Å². The van der Waals surface area contributed by atoms with Gasteiger partial charge in [0.2, 0.25) is 5.91 Å². The molecule has 1 aromatic heterocycles. The molecule has 7 heteroatoms. The number of likely N-dealkylation sites (tertiary alicyclic amines) is 1. The summed E-state index contributed by atoms with van der Waals surface area (Å²) in [6, 6.07) is 12.0. The van der Waals surface area contributed by atoms with Crippen molar-refractivity contribution in [1.82, 2.24) is 15.5 Å². The number of hydrogen-bond acceptors (Lipinski definition) is 4. The molecule has 0 radical (unpaired) electrons. The van der Waals surface area contributed by atoms with Gasteiger partial charge < -0.3 is 20.4 Å². The van der Waals surface area contributed by atoms with E-state index in [1.165, 1.54) is 18.4 Å². The molecule has 1 saturated heterocycles. The van der Waals surface area contributed by atoms with Gasteiger partial charge in [-0.25, -0.2) is 0 Å². The van der Waals surface area contributed by atoms with E-state index in [1.807, 2.05) is 30.3 Å². The summed E-state index contributed by atoms with van der Waals surface area (Å²) in [5.74, 6) is 1.44. The Bertz CT molecular complexity index is 797. The minimum atomic E-state index is -0.108. The highest BCUT2D eigenvalue weighted by Gasteiger charge is 2.25. The maximum absolute atomic E-state index is 12.3. The van der Waals surface area contributed by atoms with Gasteiger partial charge in [0.25, 0.3) is 0 Å². The quantitative estimate of drug-likeness (QED) is 0.471. The lowest BCUT2D eigenvalue weighted by Crippen LogP contribution is -2.44. The van der Waals surface area contributed by atoms with E-state index >= 15 is 0 Å². The Morgan fingerprint density at radius 2 is 2.03 bits per heavy atom. The minimum Gasteiger partial charge on any atom is -0.468 e. The lowest BCUT2D eigenvalue weighted by Gasteiger charge is -2.26. The van der Waals surface area contributed by atoms with Crippen molar-refractivity contribution in [3.05, 3.63) is 54.0 Å². The number of nitrogens with zero attached hydrogens (tertiary/aromatic N) is 2. The number of carbonyl (C=O) groups is 1. The fraction of sp³-hybridized carbons (Fsp3) is 0.455. The van der Waals surface area contributed by atoms with Crippen LogP contribution in [0, 0.1) is 0 Å². The van der Waals surface area contributed by atoms with Crippen molar-refractivity contribution >= 4 is 17.6 Å². The molecule has 1 fully saturated rings. The monoisotopic (exact) mass is 397 g/mol. The number of aryl methyl sites for hydroxylation is 1. The molecule has 1 aliphatic rings. The maximum Gasteiger partial charge on any atom is 0.243 e. The third-order valence-electron chi connectivity index (χ3n) is 5.17. The first-order valence-corrected chi connectivity index (χ1v) is 10.3. The molecule has 156 valence electrons. The summed E-state index contributed by atoms with van der Waals surface area (Å²) in [4.78, 5) is 18.9. The summed E-state index contributed by atoms with van der Waals surface area (Å²) >= 11 is 0. The summed E-state index contributed by atoms with van der Waals surface area (Å²) in [6.07, 6.45) is 5.07. The van der Waals surface area contributed by atoms with E-state index in [0.717, 1.165) is 31.0 Å². The van der Waals surface area contributed by atoms with Gasteiger partial charge in [0.15, 0.2) is 5.96 Å². The van der Waals surface area contributed by atoms with E-state index < -0.39 is 0 Å². The summed E-state index contributed by atoms with van der Waals surface area (Å²) in [6.45, 7) is 5.03. The molecule has 0 saturated carbocycles. The van der Waals surface area contributed by atoms with Crippen molar-refractivity contribution in [3.63, 3.8) is 0 Å². The Morgan fingerprint density at radius 3 is 2.72 bits per heavy atom. The third-order valence-corrected chi connectivity index (χ3v) is 5.17. The van der Waals surface area contributed by atoms with E-state index in [-0.39, 0.29) is 18.5 Å². The highest BCUT2D eigenvalue weighted by molar-refractivity contribution is 5.95. The highest BCUT2D eigenvalue weighted by atomic mass is 16.3. The number of amides is 1. The minimum absolute atomic E-state index is 0.108. The molecule has 1 atom stereocenters. The van der Waals surface area contributed by atoms with Crippen LogP contribution in [0.25, 0.3) is 0 Å². The standard InChI is InChI=1S/C22H31N5O2/c1-3-17-8-6-9-18(14-17)26-21(28)16-25-22(23-2)24-15-19(20-10-7-13-29-20)27-11-4-5-12-27/h6-10,13-14,19H,3-5,11-12,15-16H2,1-2H3,(H,26,28)(H2,23,24,25). The molecule has 1 aliphatic heterocycles. The van der Waals surface area contributed by atoms with Crippen LogP contribution in [0.15, 0.2) is 52.1 Å². The number of aliphatic imine (C=N–C) groups is 1. The van der Waals surface area contributed by atoms with Crippen molar-refractivity contribution < 1.29 is 9.21 Å². The van der Waals surface area contributed by atoms with Crippen molar-refractivity contribution in [2.45, 2.75) is 32.2 Å². The second kappa shape index (κ2) is 10.7. The van der Waals surface area contributed by atoms with Gasteiger partial charge in [-0.2, -0.15) is 0 Å². The van der Waals surface area contributed by atoms with Crippen LogP contribution < -0.4 is 16.0 Å². The second-order valence-corrected chi connectivity index (χ2v) is 7.18. The molecule has 0 aliphatic carbocycles. The maximum atomic E-state index is 12.3. The smallest absolute Gasteiger partial charge is 0.243 e. The Balaban J connectivity index is 1.49. The summed E-state index contributed by atoms with van der Waals surface area (Å²) < 4.78 is 5.65. The number of furan rings is 1. The molecular formula is C22H31N5O2. The second-order valence-electron chi connectivity index (χ2n) is 7.18. The van der Waals surface area contributed by atoms with Crippen molar-refractivity contribution in [3.8, 4) is 0 Å². The molecule has 1 amide bonds. The summed E-state index contributed by atoms with van der Waals surface area (Å²) in [5, 5.41) is 9.34. The molecule has 3 rings (SSSR count). The van der Waals surface area contributed by atoms with Gasteiger partial charge in [-0.3, -0.25) is 14.7 Å². The molecule has 0 spiro atoms. The van der Waals surface area contributed by atoms with E-state index in [4.69, 9.17) is 4.42 Å².